The summed E-state index contributed by atoms with van der Waals surface area (Å²) in [4.78, 5) is 37.1. The Bertz CT molecular complexity index is 644. The molecule has 1 fully saturated rings. The van der Waals surface area contributed by atoms with Crippen LogP contribution < -0.4 is 5.32 Å². The lowest BCUT2D eigenvalue weighted by atomic mass is 10.1. The zero-order chi connectivity index (χ0) is 18.6. The van der Waals surface area contributed by atoms with Gasteiger partial charge in [-0.1, -0.05) is 30.3 Å². The number of ether oxygens (including phenoxy) is 1. The van der Waals surface area contributed by atoms with Crippen molar-refractivity contribution in [3.63, 3.8) is 0 Å². The maximum atomic E-state index is 12.6. The molecule has 0 bridgehead atoms. The lowest BCUT2D eigenvalue weighted by Crippen LogP contribution is -2.47. The van der Waals surface area contributed by atoms with Crippen LogP contribution in [-0.4, -0.2) is 51.9 Å². The number of carbonyl (C=O) groups excluding carboxylic acids is 2. The summed E-state index contributed by atoms with van der Waals surface area (Å²) in [6, 6.07) is 8.31. The van der Waals surface area contributed by atoms with Crippen LogP contribution in [0.2, 0.25) is 0 Å². The molecule has 0 aliphatic carbocycles. The summed E-state index contributed by atoms with van der Waals surface area (Å²) in [6.45, 7) is 4.84. The Balaban J connectivity index is 2.09. The first kappa shape index (κ1) is 19.1. The highest BCUT2D eigenvalue weighted by Crippen LogP contribution is 2.41. The van der Waals surface area contributed by atoms with Gasteiger partial charge in [-0.3, -0.25) is 4.79 Å². The molecule has 0 aromatic heterocycles. The van der Waals surface area contributed by atoms with Gasteiger partial charge in [0.05, 0.1) is 0 Å². The molecule has 25 heavy (non-hydrogen) atoms. The molecule has 1 aliphatic rings. The number of nitrogens with zero attached hydrogens (tertiary/aromatic N) is 1. The van der Waals surface area contributed by atoms with Crippen LogP contribution in [0.1, 0.15) is 31.7 Å². The van der Waals surface area contributed by atoms with Gasteiger partial charge in [-0.2, -0.15) is 0 Å². The highest BCUT2D eigenvalue weighted by Gasteiger charge is 2.42. The van der Waals surface area contributed by atoms with E-state index >= 15 is 0 Å². The average Bonchev–Trinajstić information content (AvgIpc) is 2.97. The largest absolute Gasteiger partial charge is 0.480 e. The van der Waals surface area contributed by atoms with Gasteiger partial charge < -0.3 is 20.1 Å². The van der Waals surface area contributed by atoms with Gasteiger partial charge in [0.25, 0.3) is 0 Å². The van der Waals surface area contributed by atoms with Crippen molar-refractivity contribution in [1.82, 2.24) is 10.2 Å². The molecule has 2 atom stereocenters. The Labute approximate surface area is 150 Å². The second kappa shape index (κ2) is 7.77. The number of amides is 2. The first-order chi connectivity index (χ1) is 11.7. The molecular weight excluding hydrogens is 344 g/mol. The number of carboxylic acids is 1. The van der Waals surface area contributed by atoms with Crippen LogP contribution in [-0.2, 0) is 14.3 Å². The molecule has 1 aromatic carbocycles. The number of hydrogen-bond acceptors (Lipinski definition) is 5. The number of hydrogen-bond donors (Lipinski definition) is 2. The number of carboxylic acid groups (broad SMARTS) is 1. The fourth-order valence-electron chi connectivity index (χ4n) is 2.43. The normalized spacial score (nSPS) is 20.2. The number of carbonyl (C=O) groups is 3. The summed E-state index contributed by atoms with van der Waals surface area (Å²) >= 11 is 1.39. The molecule has 0 unspecified atom stereocenters. The van der Waals surface area contributed by atoms with Crippen molar-refractivity contribution in [2.45, 2.75) is 37.8 Å². The Hall–Kier alpha value is -2.22. The van der Waals surface area contributed by atoms with Crippen molar-refractivity contribution in [3.05, 3.63) is 35.9 Å². The van der Waals surface area contributed by atoms with E-state index in [1.54, 1.807) is 20.8 Å². The molecule has 7 nitrogen and oxygen atoms in total. The van der Waals surface area contributed by atoms with Gasteiger partial charge in [0.2, 0.25) is 5.91 Å². The molecule has 2 N–H and O–H groups in total. The van der Waals surface area contributed by atoms with Gasteiger partial charge in [0, 0.05) is 5.75 Å². The summed E-state index contributed by atoms with van der Waals surface area (Å²) in [5.74, 6) is -1.22. The van der Waals surface area contributed by atoms with Gasteiger partial charge in [-0.05, 0) is 26.3 Å². The smallest absolute Gasteiger partial charge is 0.408 e. The highest BCUT2D eigenvalue weighted by molar-refractivity contribution is 7.99. The topological polar surface area (TPSA) is 95.9 Å². The molecule has 1 saturated heterocycles. The second-order valence-corrected chi connectivity index (χ2v) is 7.72. The summed E-state index contributed by atoms with van der Waals surface area (Å²) in [5.41, 5.74) is 0.175. The van der Waals surface area contributed by atoms with Gasteiger partial charge in [-0.25, -0.2) is 9.59 Å². The molecule has 2 rings (SSSR count). The average molecular weight is 366 g/mol. The number of rotatable bonds is 4. The van der Waals surface area contributed by atoms with Crippen molar-refractivity contribution in [2.24, 2.45) is 0 Å². The van der Waals surface area contributed by atoms with Crippen LogP contribution in [0.3, 0.4) is 0 Å². The fourth-order valence-corrected chi connectivity index (χ4v) is 3.87. The van der Waals surface area contributed by atoms with E-state index in [2.05, 4.69) is 5.32 Å². The van der Waals surface area contributed by atoms with E-state index in [1.165, 1.54) is 16.7 Å². The van der Waals surface area contributed by atoms with E-state index in [1.807, 2.05) is 30.3 Å². The molecule has 0 spiro atoms. The first-order valence-electron chi connectivity index (χ1n) is 7.86. The predicted molar refractivity (Wildman–Crippen MR) is 94.1 cm³/mol. The van der Waals surface area contributed by atoms with E-state index in [0.29, 0.717) is 5.75 Å². The van der Waals surface area contributed by atoms with E-state index in [4.69, 9.17) is 4.74 Å². The predicted octanol–water partition coefficient (Wildman–Crippen LogP) is 2.24. The molecule has 0 radical (unpaired) electrons. The monoisotopic (exact) mass is 366 g/mol. The standard InChI is InChI=1S/C17H22N2O5S/c1-17(2,3)24-16(23)18-9-13(20)19-12(15(21)22)10-25-14(19)11-7-5-4-6-8-11/h4-8,12,14H,9-10H2,1-3H3,(H,18,23)(H,21,22)/t12-,14+/m1/s1. The third kappa shape index (κ3) is 5.12. The maximum absolute atomic E-state index is 12.6. The fraction of sp³-hybridized carbons (Fsp3) is 0.471. The molecule has 136 valence electrons. The highest BCUT2D eigenvalue weighted by atomic mass is 32.2. The Kier molecular flexibility index (Phi) is 5.94. The van der Waals surface area contributed by atoms with E-state index in [9.17, 15) is 19.5 Å². The van der Waals surface area contributed by atoms with Crippen molar-refractivity contribution < 1.29 is 24.2 Å². The van der Waals surface area contributed by atoms with Crippen LogP contribution in [0.15, 0.2) is 30.3 Å². The molecule has 0 saturated carbocycles. The van der Waals surface area contributed by atoms with Crippen molar-refractivity contribution >= 4 is 29.7 Å². The van der Waals surface area contributed by atoms with Gasteiger partial charge >= 0.3 is 12.1 Å². The summed E-state index contributed by atoms with van der Waals surface area (Å²) in [5, 5.41) is 11.4. The van der Waals surface area contributed by atoms with Crippen molar-refractivity contribution in [2.75, 3.05) is 12.3 Å². The molecule has 2 amide bonds. The van der Waals surface area contributed by atoms with Crippen LogP contribution in [0.25, 0.3) is 0 Å². The number of aliphatic carboxylic acids is 1. The quantitative estimate of drug-likeness (QED) is 0.848. The molecular formula is C17H22N2O5S. The zero-order valence-corrected chi connectivity index (χ0v) is 15.2. The lowest BCUT2D eigenvalue weighted by Gasteiger charge is -2.28. The van der Waals surface area contributed by atoms with E-state index in [0.717, 1.165) is 5.56 Å². The van der Waals surface area contributed by atoms with Crippen LogP contribution in [0.4, 0.5) is 4.79 Å². The maximum Gasteiger partial charge on any atom is 0.408 e. The second-order valence-electron chi connectivity index (χ2n) is 6.61. The number of alkyl carbamates (subject to hydrolysis) is 1. The van der Waals surface area contributed by atoms with Crippen molar-refractivity contribution in [3.8, 4) is 0 Å². The summed E-state index contributed by atoms with van der Waals surface area (Å²) < 4.78 is 5.09. The Morgan fingerprint density at radius 1 is 1.28 bits per heavy atom. The Morgan fingerprint density at radius 2 is 1.92 bits per heavy atom. The van der Waals surface area contributed by atoms with Crippen LogP contribution >= 0.6 is 11.8 Å². The van der Waals surface area contributed by atoms with Crippen LogP contribution in [0.5, 0.6) is 0 Å². The Morgan fingerprint density at radius 3 is 2.48 bits per heavy atom. The van der Waals surface area contributed by atoms with Crippen molar-refractivity contribution in [1.29, 1.82) is 0 Å². The lowest BCUT2D eigenvalue weighted by molar-refractivity contribution is -0.148. The number of benzene rings is 1. The van der Waals surface area contributed by atoms with E-state index in [-0.39, 0.29) is 6.54 Å². The third-order valence-electron chi connectivity index (χ3n) is 3.44. The van der Waals surface area contributed by atoms with Crippen LogP contribution in [0, 0.1) is 0 Å². The van der Waals surface area contributed by atoms with E-state index < -0.39 is 35.0 Å². The minimum absolute atomic E-state index is 0.299. The molecule has 1 aliphatic heterocycles. The molecule has 8 heteroatoms. The minimum atomic E-state index is -1.06. The molecule has 1 aromatic rings. The first-order valence-corrected chi connectivity index (χ1v) is 8.91. The third-order valence-corrected chi connectivity index (χ3v) is 4.76. The molecule has 1 heterocycles. The van der Waals surface area contributed by atoms with Gasteiger partial charge in [-0.15, -0.1) is 11.8 Å². The summed E-state index contributed by atoms with van der Waals surface area (Å²) in [7, 11) is 0. The SMILES string of the molecule is CC(C)(C)OC(=O)NCC(=O)N1[C@@H](C(=O)O)CS[C@H]1c1ccccc1. The zero-order valence-electron chi connectivity index (χ0n) is 14.4. The summed E-state index contributed by atoms with van der Waals surface area (Å²) in [6.07, 6.45) is -0.712. The number of thioether (sulfide) groups is 1. The van der Waals surface area contributed by atoms with Gasteiger partial charge in [0.1, 0.15) is 23.6 Å². The number of nitrogens with one attached hydrogen (secondary N) is 1. The minimum Gasteiger partial charge on any atom is -0.480 e. The van der Waals surface area contributed by atoms with Gasteiger partial charge in [0.15, 0.2) is 0 Å².